The third-order valence-corrected chi connectivity index (χ3v) is 7.08. The Labute approximate surface area is 234 Å². The van der Waals surface area contributed by atoms with Gasteiger partial charge >= 0.3 is 0 Å². The Bertz CT molecular complexity index is 1430. The Morgan fingerprint density at radius 1 is 1.12 bits per heavy atom. The summed E-state index contributed by atoms with van der Waals surface area (Å²) >= 11 is 5.91. The monoisotopic (exact) mass is 577 g/mol. The van der Waals surface area contributed by atoms with Crippen molar-refractivity contribution in [2.45, 2.75) is 45.1 Å². The second kappa shape index (κ2) is 12.5. The van der Waals surface area contributed by atoms with Gasteiger partial charge in [-0.3, -0.25) is 14.2 Å². The van der Waals surface area contributed by atoms with Crippen LogP contribution in [0.5, 0.6) is 23.1 Å². The second-order valence-corrected chi connectivity index (χ2v) is 9.67. The SMILES string of the molecule is CCCCc1nc(O)c(C(=O)N2CCC(Oc3cc(F)cc(F)c3Cl)CC2)c(=O)n1-c1c(OC)cccc1OC. The Hall–Kier alpha value is -3.86. The van der Waals surface area contributed by atoms with Crippen LogP contribution in [0.25, 0.3) is 5.69 Å². The molecule has 40 heavy (non-hydrogen) atoms. The zero-order valence-corrected chi connectivity index (χ0v) is 23.1. The number of aryl methyl sites for hydroxylation is 1. The summed E-state index contributed by atoms with van der Waals surface area (Å²) in [6, 6.07) is 6.68. The maximum Gasteiger partial charge on any atom is 0.275 e. The molecule has 12 heteroatoms. The van der Waals surface area contributed by atoms with Gasteiger partial charge in [0.1, 0.15) is 51.5 Å². The van der Waals surface area contributed by atoms with E-state index in [1.807, 2.05) is 6.92 Å². The van der Waals surface area contributed by atoms with Crippen molar-refractivity contribution in [1.29, 1.82) is 0 Å². The summed E-state index contributed by atoms with van der Waals surface area (Å²) in [5.41, 5.74) is -0.967. The van der Waals surface area contributed by atoms with Crippen LogP contribution < -0.4 is 19.8 Å². The Morgan fingerprint density at radius 2 is 1.77 bits per heavy atom. The third-order valence-electron chi connectivity index (χ3n) is 6.71. The van der Waals surface area contributed by atoms with Crippen molar-refractivity contribution in [3.63, 3.8) is 0 Å². The number of unbranched alkanes of at least 4 members (excludes halogenated alkanes) is 1. The summed E-state index contributed by atoms with van der Waals surface area (Å²) in [6.07, 6.45) is 1.99. The van der Waals surface area contributed by atoms with Gasteiger partial charge in [-0.1, -0.05) is 31.0 Å². The zero-order valence-electron chi connectivity index (χ0n) is 22.4. The lowest BCUT2D eigenvalue weighted by Crippen LogP contribution is -2.44. The number of benzene rings is 2. The van der Waals surface area contributed by atoms with E-state index in [1.165, 1.54) is 23.7 Å². The number of ether oxygens (including phenoxy) is 3. The van der Waals surface area contributed by atoms with Gasteiger partial charge < -0.3 is 24.2 Å². The van der Waals surface area contributed by atoms with Crippen LogP contribution >= 0.6 is 11.6 Å². The number of nitrogens with zero attached hydrogens (tertiary/aromatic N) is 3. The highest BCUT2D eigenvalue weighted by Gasteiger charge is 2.32. The van der Waals surface area contributed by atoms with E-state index >= 15 is 0 Å². The summed E-state index contributed by atoms with van der Waals surface area (Å²) in [5, 5.41) is 10.5. The second-order valence-electron chi connectivity index (χ2n) is 9.29. The van der Waals surface area contributed by atoms with E-state index in [9.17, 15) is 23.5 Å². The molecule has 9 nitrogen and oxygen atoms in total. The predicted molar refractivity (Wildman–Crippen MR) is 144 cm³/mol. The molecule has 1 aliphatic heterocycles. The van der Waals surface area contributed by atoms with Crippen LogP contribution in [-0.4, -0.2) is 58.9 Å². The summed E-state index contributed by atoms with van der Waals surface area (Å²) in [6.45, 7) is 2.30. The minimum absolute atomic E-state index is 0.123. The summed E-state index contributed by atoms with van der Waals surface area (Å²) < 4.78 is 45.4. The summed E-state index contributed by atoms with van der Waals surface area (Å²) in [7, 11) is 2.90. The van der Waals surface area contributed by atoms with Crippen LogP contribution in [0.4, 0.5) is 8.78 Å². The van der Waals surface area contributed by atoms with Crippen molar-refractivity contribution >= 4 is 17.5 Å². The highest BCUT2D eigenvalue weighted by atomic mass is 35.5. The molecule has 3 aromatic rings. The maximum atomic E-state index is 13.9. The number of aromatic hydroxyl groups is 1. The Kier molecular flexibility index (Phi) is 9.14. The van der Waals surface area contributed by atoms with Crippen LogP contribution in [0.15, 0.2) is 35.1 Å². The number of halogens is 3. The quantitative estimate of drug-likeness (QED) is 0.360. The van der Waals surface area contributed by atoms with Gasteiger partial charge in [0, 0.05) is 44.5 Å². The molecule has 1 fully saturated rings. The van der Waals surface area contributed by atoms with E-state index in [2.05, 4.69) is 4.98 Å². The lowest BCUT2D eigenvalue weighted by molar-refractivity contribution is 0.0589. The lowest BCUT2D eigenvalue weighted by Gasteiger charge is -2.32. The molecule has 1 aromatic heterocycles. The van der Waals surface area contributed by atoms with Gasteiger partial charge in [0.15, 0.2) is 5.56 Å². The van der Waals surface area contributed by atoms with E-state index < -0.39 is 40.6 Å². The fourth-order valence-corrected chi connectivity index (χ4v) is 4.81. The number of hydrogen-bond donors (Lipinski definition) is 1. The fourth-order valence-electron chi connectivity index (χ4n) is 4.66. The van der Waals surface area contributed by atoms with E-state index in [0.717, 1.165) is 12.5 Å². The molecule has 2 aromatic carbocycles. The fraction of sp³-hybridized carbons (Fsp3) is 0.393. The molecule has 0 bridgehead atoms. The molecule has 4 rings (SSSR count). The lowest BCUT2D eigenvalue weighted by atomic mass is 10.1. The standard InChI is InChI=1S/C28H30ClF2N3O6/c1-4-5-9-22-32-26(35)23(28(37)34(22)25-19(38-2)7-6-8-20(25)39-3)27(36)33-12-10-17(11-13-33)40-21-15-16(30)14-18(31)24(21)29/h6-8,14-15,17,35H,4-5,9-13H2,1-3H3. The van der Waals surface area contributed by atoms with Crippen LogP contribution in [0, 0.1) is 11.6 Å². The molecule has 0 atom stereocenters. The largest absolute Gasteiger partial charge is 0.494 e. The first kappa shape index (κ1) is 29.1. The van der Waals surface area contributed by atoms with Crippen LogP contribution in [0.2, 0.25) is 5.02 Å². The molecule has 1 saturated heterocycles. The van der Waals surface area contributed by atoms with Crippen molar-refractivity contribution in [1.82, 2.24) is 14.5 Å². The molecule has 0 aliphatic carbocycles. The van der Waals surface area contributed by atoms with Gasteiger partial charge in [-0.25, -0.2) is 8.78 Å². The average Bonchev–Trinajstić information content (AvgIpc) is 2.94. The average molecular weight is 578 g/mol. The van der Waals surface area contributed by atoms with Gasteiger partial charge in [-0.05, 0) is 18.6 Å². The van der Waals surface area contributed by atoms with Gasteiger partial charge in [0.25, 0.3) is 11.5 Å². The molecule has 0 radical (unpaired) electrons. The van der Waals surface area contributed by atoms with Crippen molar-refractivity contribution in [3.05, 3.63) is 68.7 Å². The number of methoxy groups -OCH3 is 2. The summed E-state index contributed by atoms with van der Waals surface area (Å²) in [4.78, 5) is 33.1. The topological polar surface area (TPSA) is 103 Å². The van der Waals surface area contributed by atoms with E-state index in [1.54, 1.807) is 18.2 Å². The zero-order chi connectivity index (χ0) is 29.0. The number of para-hydroxylation sites is 1. The molecule has 1 amide bonds. The first-order valence-electron chi connectivity index (χ1n) is 12.9. The number of aromatic nitrogens is 2. The van der Waals surface area contributed by atoms with Crippen molar-refractivity contribution in [3.8, 4) is 28.8 Å². The Balaban J connectivity index is 1.65. The first-order chi connectivity index (χ1) is 19.2. The molecular weight excluding hydrogens is 548 g/mol. The van der Waals surface area contributed by atoms with E-state index in [-0.39, 0.29) is 35.4 Å². The molecule has 1 N–H and O–H groups in total. The van der Waals surface area contributed by atoms with Crippen LogP contribution in [0.3, 0.4) is 0 Å². The summed E-state index contributed by atoms with van der Waals surface area (Å²) in [5.74, 6) is -2.32. The van der Waals surface area contributed by atoms with Crippen LogP contribution in [0.1, 0.15) is 48.8 Å². The third kappa shape index (κ3) is 5.84. The smallest absolute Gasteiger partial charge is 0.275 e. The van der Waals surface area contributed by atoms with Crippen molar-refractivity contribution in [2.75, 3.05) is 27.3 Å². The normalized spacial score (nSPS) is 13.8. The van der Waals surface area contributed by atoms with Gasteiger partial charge in [0.2, 0.25) is 5.88 Å². The van der Waals surface area contributed by atoms with E-state index in [0.29, 0.717) is 43.2 Å². The molecule has 1 aliphatic rings. The minimum atomic E-state index is -0.933. The predicted octanol–water partition coefficient (Wildman–Crippen LogP) is 4.91. The van der Waals surface area contributed by atoms with Crippen molar-refractivity contribution in [2.24, 2.45) is 0 Å². The molecule has 0 unspecified atom stereocenters. The van der Waals surface area contributed by atoms with Gasteiger partial charge in [-0.2, -0.15) is 4.98 Å². The number of likely N-dealkylation sites (tertiary alicyclic amines) is 1. The Morgan fingerprint density at radius 3 is 2.38 bits per heavy atom. The number of rotatable bonds is 9. The molecule has 0 saturated carbocycles. The molecule has 0 spiro atoms. The molecular formula is C28H30ClF2N3O6. The number of carbonyl (C=O) groups is 1. The number of carbonyl (C=O) groups excluding carboxylic acids is 1. The van der Waals surface area contributed by atoms with Crippen molar-refractivity contribution < 1.29 is 32.9 Å². The minimum Gasteiger partial charge on any atom is -0.494 e. The molecule has 2 heterocycles. The van der Waals surface area contributed by atoms with Crippen LogP contribution in [-0.2, 0) is 6.42 Å². The van der Waals surface area contributed by atoms with Gasteiger partial charge in [-0.15, -0.1) is 0 Å². The highest BCUT2D eigenvalue weighted by molar-refractivity contribution is 6.32. The number of amides is 1. The van der Waals surface area contributed by atoms with E-state index in [4.69, 9.17) is 25.8 Å². The number of hydrogen-bond acceptors (Lipinski definition) is 7. The molecule has 214 valence electrons. The highest BCUT2D eigenvalue weighted by Crippen LogP contribution is 2.34. The maximum absolute atomic E-state index is 13.9. The number of piperidine rings is 1. The first-order valence-corrected chi connectivity index (χ1v) is 13.2. The van der Waals surface area contributed by atoms with Gasteiger partial charge in [0.05, 0.1) is 14.2 Å².